The first-order chi connectivity index (χ1) is 18.3. The van der Waals surface area contributed by atoms with E-state index in [0.29, 0.717) is 36.5 Å². The Morgan fingerprint density at radius 2 is 1.95 bits per heavy atom. The fourth-order valence-corrected chi connectivity index (χ4v) is 9.11. The van der Waals surface area contributed by atoms with E-state index in [1.54, 1.807) is 39.8 Å². The molecule has 38 heavy (non-hydrogen) atoms. The van der Waals surface area contributed by atoms with E-state index in [1.165, 1.54) is 6.08 Å². The van der Waals surface area contributed by atoms with Crippen LogP contribution >= 0.6 is 23.4 Å². The van der Waals surface area contributed by atoms with E-state index in [0.717, 1.165) is 19.3 Å². The van der Waals surface area contributed by atoms with E-state index in [2.05, 4.69) is 13.2 Å². The van der Waals surface area contributed by atoms with Crippen LogP contribution in [-0.2, 0) is 19.1 Å². The van der Waals surface area contributed by atoms with Gasteiger partial charge in [0.2, 0.25) is 5.91 Å². The predicted octanol–water partition coefficient (Wildman–Crippen LogP) is 4.62. The monoisotopic (exact) mass is 560 g/mol. The summed E-state index contributed by atoms with van der Waals surface area (Å²) in [6.45, 7) is 10.4. The number of ether oxygens (including phenoxy) is 1. The molecular formula is C29H37ClN2O5S. The molecule has 206 valence electrons. The maximum Gasteiger partial charge on any atom is 0.311 e. The number of benzene rings is 1. The molecule has 1 N–H and O–H groups in total. The number of likely N-dealkylation sites (tertiary alicyclic amines) is 1. The summed E-state index contributed by atoms with van der Waals surface area (Å²) in [5, 5.41) is 9.58. The number of carbonyl (C=O) groups excluding carboxylic acids is 3. The fourth-order valence-electron chi connectivity index (χ4n) is 6.54. The molecule has 3 heterocycles. The van der Waals surface area contributed by atoms with Gasteiger partial charge in [-0.1, -0.05) is 55.3 Å². The number of esters is 1. The maximum atomic E-state index is 14.5. The van der Waals surface area contributed by atoms with Gasteiger partial charge in [0.25, 0.3) is 5.91 Å². The van der Waals surface area contributed by atoms with E-state index < -0.39 is 33.3 Å². The second kappa shape index (κ2) is 11.8. The summed E-state index contributed by atoms with van der Waals surface area (Å²) in [6, 6.07) is 6.43. The van der Waals surface area contributed by atoms with E-state index in [9.17, 15) is 14.4 Å². The lowest BCUT2D eigenvalue weighted by molar-refractivity contribution is -0.154. The van der Waals surface area contributed by atoms with Gasteiger partial charge in [0.15, 0.2) is 0 Å². The number of anilines is 1. The smallest absolute Gasteiger partial charge is 0.311 e. The van der Waals surface area contributed by atoms with Crippen LogP contribution in [0.3, 0.4) is 0 Å². The maximum absolute atomic E-state index is 14.5. The van der Waals surface area contributed by atoms with Crippen molar-refractivity contribution in [3.05, 3.63) is 54.6 Å². The van der Waals surface area contributed by atoms with Gasteiger partial charge in [-0.15, -0.1) is 18.3 Å². The number of rotatable bonds is 13. The molecule has 0 saturated carbocycles. The third-order valence-corrected chi connectivity index (χ3v) is 10.4. The van der Waals surface area contributed by atoms with Crippen LogP contribution in [0.1, 0.15) is 45.4 Å². The van der Waals surface area contributed by atoms with E-state index in [-0.39, 0.29) is 31.6 Å². The molecule has 4 rings (SSSR count). The van der Waals surface area contributed by atoms with Crippen molar-refractivity contribution in [1.82, 2.24) is 4.90 Å². The van der Waals surface area contributed by atoms with Crippen LogP contribution in [0.4, 0.5) is 5.69 Å². The zero-order chi connectivity index (χ0) is 27.5. The molecule has 3 aliphatic rings. The average molecular weight is 561 g/mol. The topological polar surface area (TPSA) is 87.1 Å². The van der Waals surface area contributed by atoms with Crippen molar-refractivity contribution < 1.29 is 24.2 Å². The highest BCUT2D eigenvalue weighted by Crippen LogP contribution is 2.71. The molecule has 0 aromatic heterocycles. The second-order valence-corrected chi connectivity index (χ2v) is 12.8. The summed E-state index contributed by atoms with van der Waals surface area (Å²) < 4.78 is 4.27. The summed E-state index contributed by atoms with van der Waals surface area (Å²) in [5.74, 6) is -2.02. The van der Waals surface area contributed by atoms with Crippen LogP contribution in [0.2, 0.25) is 5.02 Å². The normalized spacial score (nSPS) is 29.3. The van der Waals surface area contributed by atoms with E-state index >= 15 is 0 Å². The zero-order valence-corrected chi connectivity index (χ0v) is 23.5. The molecule has 0 radical (unpaired) electrons. The molecule has 2 amide bonds. The zero-order valence-electron chi connectivity index (χ0n) is 21.9. The van der Waals surface area contributed by atoms with Crippen LogP contribution in [-0.4, -0.2) is 69.6 Å². The minimum atomic E-state index is -0.738. The number of amides is 2. The molecule has 1 spiro atoms. The summed E-state index contributed by atoms with van der Waals surface area (Å²) in [5.41, 5.74) is 0.569. The molecule has 2 unspecified atom stereocenters. The SMILES string of the molecule is C=CCOC(=O)[C@@H]1[C@H]2C(=O)N(CCCCCCO)C(C(=O)N(CC=C)c3ccccc3Cl)C23CC[C@@]1(C)S3. The third kappa shape index (κ3) is 4.91. The molecule has 5 atom stereocenters. The second-order valence-electron chi connectivity index (χ2n) is 10.5. The van der Waals surface area contributed by atoms with Crippen LogP contribution in [0, 0.1) is 11.8 Å². The third-order valence-electron chi connectivity index (χ3n) is 8.14. The fraction of sp³-hybridized carbons (Fsp3) is 0.552. The van der Waals surface area contributed by atoms with Crippen LogP contribution in [0.15, 0.2) is 49.6 Å². The molecule has 1 aromatic carbocycles. The van der Waals surface area contributed by atoms with Gasteiger partial charge in [-0.25, -0.2) is 0 Å². The van der Waals surface area contributed by atoms with E-state index in [4.69, 9.17) is 21.4 Å². The Morgan fingerprint density at radius 1 is 1.21 bits per heavy atom. The van der Waals surface area contributed by atoms with Crippen molar-refractivity contribution >= 4 is 46.8 Å². The lowest BCUT2D eigenvalue weighted by Gasteiger charge is -2.37. The highest BCUT2D eigenvalue weighted by Gasteiger charge is 2.77. The first-order valence-electron chi connectivity index (χ1n) is 13.3. The first-order valence-corrected chi connectivity index (χ1v) is 14.5. The molecule has 3 aliphatic heterocycles. The van der Waals surface area contributed by atoms with Crippen LogP contribution < -0.4 is 4.90 Å². The highest BCUT2D eigenvalue weighted by atomic mass is 35.5. The Morgan fingerprint density at radius 3 is 2.63 bits per heavy atom. The number of halogens is 1. The van der Waals surface area contributed by atoms with Crippen LogP contribution in [0.25, 0.3) is 0 Å². The number of unbranched alkanes of at least 4 members (excludes halogenated alkanes) is 3. The largest absolute Gasteiger partial charge is 0.461 e. The molecule has 1 aromatic rings. The van der Waals surface area contributed by atoms with Crippen molar-refractivity contribution in [2.24, 2.45) is 11.8 Å². The Hall–Kier alpha value is -2.29. The first kappa shape index (κ1) is 28.7. The standard InChI is InChI=1S/C29H37ClN2O5S/c1-4-16-31(21-13-9-8-12-20(21)30)26(35)24-29-15-14-28(3,38-29)23(27(36)37-19-5-2)22(29)25(34)32(24)17-10-6-7-11-18-33/h4-5,8-9,12-13,22-24,33H,1-2,6-7,10-11,14-19H2,3H3/t22-,23-,24?,28+,29?/m0/s1. The lowest BCUT2D eigenvalue weighted by atomic mass is 9.66. The average Bonchev–Trinajstić information content (AvgIpc) is 3.46. The minimum absolute atomic E-state index is 0.0839. The highest BCUT2D eigenvalue weighted by molar-refractivity contribution is 8.02. The molecule has 3 fully saturated rings. The number of aliphatic hydroxyl groups excluding tert-OH is 1. The molecular weight excluding hydrogens is 524 g/mol. The molecule has 9 heteroatoms. The van der Waals surface area contributed by atoms with Crippen molar-refractivity contribution in [2.75, 3.05) is 31.2 Å². The summed E-state index contributed by atoms with van der Waals surface area (Å²) >= 11 is 8.14. The van der Waals surface area contributed by atoms with Crippen molar-refractivity contribution in [3.8, 4) is 0 Å². The number of carbonyl (C=O) groups is 3. The van der Waals surface area contributed by atoms with Gasteiger partial charge in [0, 0.05) is 24.4 Å². The van der Waals surface area contributed by atoms with Gasteiger partial charge >= 0.3 is 5.97 Å². The van der Waals surface area contributed by atoms with Gasteiger partial charge in [-0.2, -0.15) is 0 Å². The quantitative estimate of drug-likeness (QED) is 0.215. The number of aliphatic hydroxyl groups is 1. The van der Waals surface area contributed by atoms with Crippen LogP contribution in [0.5, 0.6) is 0 Å². The molecule has 3 saturated heterocycles. The van der Waals surface area contributed by atoms with Gasteiger partial charge in [-0.3, -0.25) is 14.4 Å². The molecule has 0 aliphatic carbocycles. The van der Waals surface area contributed by atoms with Gasteiger partial charge in [-0.05, 0) is 44.7 Å². The number of fused-ring (bicyclic) bond motifs is 1. The summed E-state index contributed by atoms with van der Waals surface area (Å²) in [7, 11) is 0. The van der Waals surface area contributed by atoms with Crippen molar-refractivity contribution in [3.63, 3.8) is 0 Å². The Balaban J connectivity index is 1.74. The van der Waals surface area contributed by atoms with Gasteiger partial charge < -0.3 is 19.6 Å². The van der Waals surface area contributed by atoms with Gasteiger partial charge in [0.05, 0.1) is 27.3 Å². The number of thioether (sulfide) groups is 1. The van der Waals surface area contributed by atoms with Crippen molar-refractivity contribution in [1.29, 1.82) is 0 Å². The van der Waals surface area contributed by atoms with Crippen molar-refractivity contribution in [2.45, 2.75) is 61.0 Å². The number of para-hydroxylation sites is 1. The lowest BCUT2D eigenvalue weighted by Crippen LogP contribution is -2.55. The molecule has 2 bridgehead atoms. The van der Waals surface area contributed by atoms with Gasteiger partial charge in [0.1, 0.15) is 12.6 Å². The Kier molecular flexibility index (Phi) is 8.95. The summed E-state index contributed by atoms with van der Waals surface area (Å²) in [6.07, 6.45) is 7.65. The summed E-state index contributed by atoms with van der Waals surface area (Å²) in [4.78, 5) is 45.3. The number of hydrogen-bond acceptors (Lipinski definition) is 6. The Labute approximate surface area is 234 Å². The van der Waals surface area contributed by atoms with E-state index in [1.807, 2.05) is 19.1 Å². The molecule has 7 nitrogen and oxygen atoms in total. The number of hydrogen-bond donors (Lipinski definition) is 1. The Bertz CT molecular complexity index is 1100. The minimum Gasteiger partial charge on any atom is -0.461 e. The number of nitrogens with zero attached hydrogens (tertiary/aromatic N) is 2. The predicted molar refractivity (Wildman–Crippen MR) is 151 cm³/mol.